The van der Waals surface area contributed by atoms with Crippen molar-refractivity contribution < 1.29 is 0 Å². The molecule has 0 atom stereocenters. The third kappa shape index (κ3) is 2.52. The lowest BCUT2D eigenvalue weighted by molar-refractivity contribution is 0.828. The van der Waals surface area contributed by atoms with E-state index in [1.54, 1.807) is 11.3 Å². The van der Waals surface area contributed by atoms with E-state index in [-0.39, 0.29) is 0 Å². The molecular weight excluding hydrogens is 214 g/mol. The second-order valence-corrected chi connectivity index (χ2v) is 4.96. The molecule has 1 aromatic carbocycles. The summed E-state index contributed by atoms with van der Waals surface area (Å²) in [5.41, 5.74) is 9.65. The third-order valence-electron chi connectivity index (χ3n) is 2.80. The van der Waals surface area contributed by atoms with Crippen molar-refractivity contribution in [3.05, 3.63) is 46.8 Å². The molecule has 84 valence electrons. The van der Waals surface area contributed by atoms with E-state index in [1.807, 2.05) is 0 Å². The molecule has 0 unspecified atom stereocenters. The Balaban J connectivity index is 2.23. The first-order valence-electron chi connectivity index (χ1n) is 5.65. The molecule has 1 aromatic heterocycles. The molecule has 0 aliphatic carbocycles. The van der Waals surface area contributed by atoms with Gasteiger partial charge < -0.3 is 5.73 Å². The van der Waals surface area contributed by atoms with Crippen molar-refractivity contribution in [2.75, 3.05) is 6.54 Å². The summed E-state index contributed by atoms with van der Waals surface area (Å²) in [4.78, 5) is 1.34. The summed E-state index contributed by atoms with van der Waals surface area (Å²) >= 11 is 1.79. The molecule has 0 saturated heterocycles. The fourth-order valence-corrected chi connectivity index (χ4v) is 2.59. The molecule has 2 heteroatoms. The first-order valence-corrected chi connectivity index (χ1v) is 6.52. The Morgan fingerprint density at radius 3 is 2.75 bits per heavy atom. The van der Waals surface area contributed by atoms with Crippen molar-refractivity contribution in [3.63, 3.8) is 0 Å². The van der Waals surface area contributed by atoms with Crippen LogP contribution in [0.5, 0.6) is 0 Å². The lowest BCUT2D eigenvalue weighted by Crippen LogP contribution is -2.01. The predicted molar refractivity (Wildman–Crippen MR) is 71.9 cm³/mol. The van der Waals surface area contributed by atoms with Crippen molar-refractivity contribution in [2.45, 2.75) is 19.8 Å². The van der Waals surface area contributed by atoms with Crippen molar-refractivity contribution >= 4 is 11.3 Å². The summed E-state index contributed by atoms with van der Waals surface area (Å²) in [7, 11) is 0. The summed E-state index contributed by atoms with van der Waals surface area (Å²) in [6.45, 7) is 2.95. The van der Waals surface area contributed by atoms with Gasteiger partial charge in [-0.2, -0.15) is 0 Å². The fraction of sp³-hybridized carbons (Fsp3) is 0.286. The van der Waals surface area contributed by atoms with Gasteiger partial charge in [0.25, 0.3) is 0 Å². The van der Waals surface area contributed by atoms with E-state index in [0.29, 0.717) is 0 Å². The molecule has 2 rings (SSSR count). The van der Waals surface area contributed by atoms with E-state index in [0.717, 1.165) is 19.4 Å². The van der Waals surface area contributed by atoms with Gasteiger partial charge in [-0.25, -0.2) is 0 Å². The third-order valence-corrected chi connectivity index (χ3v) is 3.72. The maximum atomic E-state index is 5.54. The van der Waals surface area contributed by atoms with Gasteiger partial charge in [0.1, 0.15) is 0 Å². The predicted octanol–water partition coefficient (Wildman–Crippen LogP) is 3.61. The average molecular weight is 231 g/mol. The van der Waals surface area contributed by atoms with Crippen LogP contribution in [0.25, 0.3) is 10.4 Å². The first kappa shape index (κ1) is 11.4. The summed E-state index contributed by atoms with van der Waals surface area (Å²) < 4.78 is 0. The number of rotatable bonds is 4. The van der Waals surface area contributed by atoms with Crippen LogP contribution >= 0.6 is 11.3 Å². The van der Waals surface area contributed by atoms with E-state index < -0.39 is 0 Å². The Bertz CT molecular complexity index is 446. The molecule has 0 aliphatic heterocycles. The topological polar surface area (TPSA) is 26.0 Å². The number of hydrogen-bond acceptors (Lipinski definition) is 2. The molecule has 0 radical (unpaired) electrons. The minimum atomic E-state index is 0.770. The number of thiophene rings is 1. The lowest BCUT2D eigenvalue weighted by Gasteiger charge is -2.07. The molecular formula is C14H17NS. The smallest absolute Gasteiger partial charge is 0.0342 e. The van der Waals surface area contributed by atoms with Gasteiger partial charge in [-0.3, -0.25) is 0 Å². The van der Waals surface area contributed by atoms with Crippen molar-refractivity contribution in [2.24, 2.45) is 5.73 Å². The Labute approximate surface area is 101 Å². The molecule has 2 N–H and O–H groups in total. The van der Waals surface area contributed by atoms with E-state index in [2.05, 4.69) is 42.6 Å². The Morgan fingerprint density at radius 2 is 2.12 bits per heavy atom. The van der Waals surface area contributed by atoms with Crippen LogP contribution in [-0.4, -0.2) is 6.54 Å². The van der Waals surface area contributed by atoms with E-state index >= 15 is 0 Å². The minimum absolute atomic E-state index is 0.770. The van der Waals surface area contributed by atoms with Gasteiger partial charge >= 0.3 is 0 Å². The number of benzene rings is 1. The molecule has 16 heavy (non-hydrogen) atoms. The lowest BCUT2D eigenvalue weighted by atomic mass is 10.0. The zero-order chi connectivity index (χ0) is 11.4. The van der Waals surface area contributed by atoms with Crippen LogP contribution in [0.4, 0.5) is 0 Å². The Kier molecular flexibility index (Phi) is 3.75. The normalized spacial score (nSPS) is 10.6. The maximum Gasteiger partial charge on any atom is 0.0342 e. The molecule has 0 saturated carbocycles. The van der Waals surface area contributed by atoms with Gasteiger partial charge in [0.15, 0.2) is 0 Å². The molecule has 0 bridgehead atoms. The highest BCUT2D eigenvalue weighted by Gasteiger charge is 2.02. The average Bonchev–Trinajstić information content (AvgIpc) is 2.81. The van der Waals surface area contributed by atoms with Crippen LogP contribution in [-0.2, 0) is 6.42 Å². The van der Waals surface area contributed by atoms with Crippen LogP contribution < -0.4 is 5.73 Å². The molecule has 0 fully saturated rings. The van der Waals surface area contributed by atoms with Crippen LogP contribution in [0.1, 0.15) is 17.5 Å². The molecule has 1 nitrogen and oxygen atoms in total. The van der Waals surface area contributed by atoms with Crippen molar-refractivity contribution in [1.29, 1.82) is 0 Å². The van der Waals surface area contributed by atoms with E-state index in [1.165, 1.54) is 21.6 Å². The van der Waals surface area contributed by atoms with E-state index in [9.17, 15) is 0 Å². The van der Waals surface area contributed by atoms with Crippen molar-refractivity contribution in [1.82, 2.24) is 0 Å². The van der Waals surface area contributed by atoms with Gasteiger partial charge in [0.05, 0.1) is 0 Å². The fourth-order valence-electron chi connectivity index (χ4n) is 1.86. The highest BCUT2D eigenvalue weighted by atomic mass is 32.1. The SMILES string of the molecule is Cc1cc(-c2cccs2)ccc1CCCN. The van der Waals surface area contributed by atoms with Crippen LogP contribution in [0, 0.1) is 6.92 Å². The van der Waals surface area contributed by atoms with E-state index in [4.69, 9.17) is 5.73 Å². The highest BCUT2D eigenvalue weighted by molar-refractivity contribution is 7.13. The molecule has 0 spiro atoms. The van der Waals surface area contributed by atoms with Gasteiger partial charge in [-0.1, -0.05) is 24.3 Å². The molecule has 2 aromatic rings. The first-order chi connectivity index (χ1) is 7.81. The summed E-state index contributed by atoms with van der Waals surface area (Å²) in [6.07, 6.45) is 2.16. The molecule has 1 heterocycles. The zero-order valence-corrected chi connectivity index (χ0v) is 10.4. The van der Waals surface area contributed by atoms with Crippen molar-refractivity contribution in [3.8, 4) is 10.4 Å². The van der Waals surface area contributed by atoms with Crippen LogP contribution in [0.3, 0.4) is 0 Å². The quantitative estimate of drug-likeness (QED) is 0.854. The van der Waals surface area contributed by atoms with Gasteiger partial charge in [-0.05, 0) is 54.4 Å². The highest BCUT2D eigenvalue weighted by Crippen LogP contribution is 2.26. The largest absolute Gasteiger partial charge is 0.330 e. The maximum absolute atomic E-state index is 5.54. The van der Waals surface area contributed by atoms with Gasteiger partial charge in [0.2, 0.25) is 0 Å². The molecule has 0 aliphatic rings. The summed E-state index contributed by atoms with van der Waals surface area (Å²) in [5.74, 6) is 0. The monoisotopic (exact) mass is 231 g/mol. The van der Waals surface area contributed by atoms with Gasteiger partial charge in [-0.15, -0.1) is 11.3 Å². The van der Waals surface area contributed by atoms with Crippen LogP contribution in [0.2, 0.25) is 0 Å². The second-order valence-electron chi connectivity index (χ2n) is 4.01. The molecule has 0 amide bonds. The minimum Gasteiger partial charge on any atom is -0.330 e. The summed E-state index contributed by atoms with van der Waals surface area (Å²) in [5, 5.41) is 2.12. The second kappa shape index (κ2) is 5.28. The van der Waals surface area contributed by atoms with Gasteiger partial charge in [0, 0.05) is 4.88 Å². The number of hydrogen-bond donors (Lipinski definition) is 1. The summed E-state index contributed by atoms with van der Waals surface area (Å²) in [6, 6.07) is 11.0. The standard InChI is InChI=1S/C14H17NS/c1-11-10-13(14-5-3-9-16-14)7-6-12(11)4-2-8-15/h3,5-7,9-10H,2,4,8,15H2,1H3. The van der Waals surface area contributed by atoms with Crippen LogP contribution in [0.15, 0.2) is 35.7 Å². The number of nitrogens with two attached hydrogens (primary N) is 1. The Hall–Kier alpha value is -1.12. The number of aryl methyl sites for hydroxylation is 2. The Morgan fingerprint density at radius 1 is 1.25 bits per heavy atom. The zero-order valence-electron chi connectivity index (χ0n) is 9.57.